The lowest BCUT2D eigenvalue weighted by Crippen LogP contribution is -2.09. The summed E-state index contributed by atoms with van der Waals surface area (Å²) in [6.45, 7) is 2.56. The molecule has 0 fully saturated rings. The fourth-order valence-corrected chi connectivity index (χ4v) is 1.84. The predicted octanol–water partition coefficient (Wildman–Crippen LogP) is 2.05. The van der Waals surface area contributed by atoms with Gasteiger partial charge in [0.15, 0.2) is 5.82 Å². The number of tetrazole rings is 1. The molecule has 18 heavy (non-hydrogen) atoms. The Balaban J connectivity index is 2.21. The van der Waals surface area contributed by atoms with E-state index in [1.54, 1.807) is 4.68 Å². The molecule has 0 aliphatic rings. The second-order valence-corrected chi connectivity index (χ2v) is 4.48. The van der Waals surface area contributed by atoms with Crippen LogP contribution in [0.1, 0.15) is 57.7 Å². The second kappa shape index (κ2) is 8.60. The van der Waals surface area contributed by atoms with Gasteiger partial charge in [0.2, 0.25) is 0 Å². The van der Waals surface area contributed by atoms with Crippen molar-refractivity contribution in [3.05, 3.63) is 5.82 Å². The number of nitrogens with zero attached hydrogens (tertiary/aromatic N) is 4. The van der Waals surface area contributed by atoms with Crippen molar-refractivity contribution < 1.29 is 9.90 Å². The molecular formula is C12H22N4O2. The maximum absolute atomic E-state index is 10.5. The Morgan fingerprint density at radius 3 is 2.67 bits per heavy atom. The molecule has 1 heterocycles. The van der Waals surface area contributed by atoms with Gasteiger partial charge < -0.3 is 5.11 Å². The van der Waals surface area contributed by atoms with E-state index in [1.807, 2.05) is 0 Å². The number of carboxylic acids is 1. The van der Waals surface area contributed by atoms with Gasteiger partial charge in [0.25, 0.3) is 0 Å². The summed E-state index contributed by atoms with van der Waals surface area (Å²) in [4.78, 5) is 10.5. The number of hydrogen-bond acceptors (Lipinski definition) is 4. The Bertz CT molecular complexity index is 352. The van der Waals surface area contributed by atoms with Crippen LogP contribution in [0.3, 0.4) is 0 Å². The summed E-state index contributed by atoms with van der Waals surface area (Å²) in [6, 6.07) is 0. The third kappa shape index (κ3) is 5.75. The molecule has 6 heteroatoms. The zero-order valence-corrected chi connectivity index (χ0v) is 11.0. The van der Waals surface area contributed by atoms with E-state index in [0.29, 0.717) is 6.54 Å². The van der Waals surface area contributed by atoms with Crippen molar-refractivity contribution in [1.29, 1.82) is 0 Å². The lowest BCUT2D eigenvalue weighted by atomic mass is 10.1. The Hall–Kier alpha value is -1.46. The molecular weight excluding hydrogens is 232 g/mol. The minimum absolute atomic E-state index is 0.0640. The first kappa shape index (κ1) is 14.6. The standard InChI is InChI=1S/C12H22N4O2/c1-2-3-4-5-6-7-8-11-13-14-15-16(11)10-9-12(17)18/h2-10H2,1H3,(H,17,18). The first-order chi connectivity index (χ1) is 8.74. The van der Waals surface area contributed by atoms with Gasteiger partial charge in [-0.2, -0.15) is 0 Å². The number of carbonyl (C=O) groups is 1. The van der Waals surface area contributed by atoms with Gasteiger partial charge in [0.05, 0.1) is 13.0 Å². The number of aryl methyl sites for hydroxylation is 2. The fraction of sp³-hybridized carbons (Fsp3) is 0.833. The summed E-state index contributed by atoms with van der Waals surface area (Å²) in [5.41, 5.74) is 0. The van der Waals surface area contributed by atoms with Gasteiger partial charge in [-0.05, 0) is 16.8 Å². The quantitative estimate of drug-likeness (QED) is 0.646. The van der Waals surface area contributed by atoms with Crippen molar-refractivity contribution in [3.63, 3.8) is 0 Å². The van der Waals surface area contributed by atoms with Crippen LogP contribution in [0.5, 0.6) is 0 Å². The molecule has 0 radical (unpaired) electrons. The van der Waals surface area contributed by atoms with Gasteiger partial charge >= 0.3 is 5.97 Å². The first-order valence-corrected chi connectivity index (χ1v) is 6.71. The van der Waals surface area contributed by atoms with Crippen molar-refractivity contribution in [1.82, 2.24) is 20.2 Å². The maximum Gasteiger partial charge on any atom is 0.305 e. The number of hydrogen-bond donors (Lipinski definition) is 1. The smallest absolute Gasteiger partial charge is 0.305 e. The monoisotopic (exact) mass is 254 g/mol. The number of carboxylic acid groups (broad SMARTS) is 1. The Labute approximate surface area is 107 Å². The van der Waals surface area contributed by atoms with Gasteiger partial charge in [0.1, 0.15) is 0 Å². The largest absolute Gasteiger partial charge is 0.481 e. The van der Waals surface area contributed by atoms with Crippen LogP contribution in [-0.4, -0.2) is 31.3 Å². The van der Waals surface area contributed by atoms with E-state index < -0.39 is 5.97 Å². The molecule has 0 bridgehead atoms. The minimum atomic E-state index is -0.823. The molecule has 0 aliphatic heterocycles. The Kier molecular flexibility index (Phi) is 6.98. The molecule has 0 aliphatic carbocycles. The average molecular weight is 254 g/mol. The fourth-order valence-electron chi connectivity index (χ4n) is 1.84. The van der Waals surface area contributed by atoms with Crippen LogP contribution in [0.15, 0.2) is 0 Å². The lowest BCUT2D eigenvalue weighted by Gasteiger charge is -2.03. The van der Waals surface area contributed by atoms with Gasteiger partial charge in [-0.25, -0.2) is 4.68 Å². The molecule has 1 rings (SSSR count). The summed E-state index contributed by atoms with van der Waals surface area (Å²) >= 11 is 0. The molecule has 0 spiro atoms. The molecule has 102 valence electrons. The van der Waals surface area contributed by atoms with Crippen molar-refractivity contribution in [2.75, 3.05) is 0 Å². The van der Waals surface area contributed by atoms with E-state index in [9.17, 15) is 4.79 Å². The van der Waals surface area contributed by atoms with E-state index in [-0.39, 0.29) is 6.42 Å². The maximum atomic E-state index is 10.5. The number of rotatable bonds is 10. The molecule has 0 amide bonds. The summed E-state index contributed by atoms with van der Waals surface area (Å²) in [7, 11) is 0. The van der Waals surface area contributed by atoms with E-state index in [4.69, 9.17) is 5.11 Å². The van der Waals surface area contributed by atoms with Crippen LogP contribution in [0.25, 0.3) is 0 Å². The summed E-state index contributed by atoms with van der Waals surface area (Å²) in [6.07, 6.45) is 8.25. The van der Waals surface area contributed by atoms with Crippen LogP contribution in [0.2, 0.25) is 0 Å². The van der Waals surface area contributed by atoms with Gasteiger partial charge in [-0.1, -0.05) is 39.0 Å². The van der Waals surface area contributed by atoms with Gasteiger partial charge in [-0.15, -0.1) is 5.10 Å². The second-order valence-electron chi connectivity index (χ2n) is 4.48. The highest BCUT2D eigenvalue weighted by molar-refractivity contribution is 5.66. The van der Waals surface area contributed by atoms with Crippen molar-refractivity contribution in [2.45, 2.75) is 64.8 Å². The number of aliphatic carboxylic acids is 1. The molecule has 0 saturated heterocycles. The zero-order chi connectivity index (χ0) is 13.2. The highest BCUT2D eigenvalue weighted by atomic mass is 16.4. The van der Waals surface area contributed by atoms with E-state index >= 15 is 0 Å². The first-order valence-electron chi connectivity index (χ1n) is 6.71. The highest BCUT2D eigenvalue weighted by Gasteiger charge is 2.07. The zero-order valence-electron chi connectivity index (χ0n) is 11.0. The van der Waals surface area contributed by atoms with Crippen LogP contribution in [0, 0.1) is 0 Å². The molecule has 1 aromatic heterocycles. The lowest BCUT2D eigenvalue weighted by molar-refractivity contribution is -0.137. The van der Waals surface area contributed by atoms with E-state index in [2.05, 4.69) is 22.4 Å². The average Bonchev–Trinajstić information content (AvgIpc) is 2.78. The molecule has 0 saturated carbocycles. The molecule has 0 aromatic carbocycles. The predicted molar refractivity (Wildman–Crippen MR) is 67.1 cm³/mol. The van der Waals surface area contributed by atoms with Gasteiger partial charge in [-0.3, -0.25) is 4.79 Å². The minimum Gasteiger partial charge on any atom is -0.481 e. The molecule has 1 aromatic rings. The molecule has 1 N–H and O–H groups in total. The summed E-state index contributed by atoms with van der Waals surface area (Å²) in [5, 5.41) is 20.0. The van der Waals surface area contributed by atoms with Crippen molar-refractivity contribution in [2.24, 2.45) is 0 Å². The topological polar surface area (TPSA) is 80.9 Å². The Morgan fingerprint density at radius 1 is 1.22 bits per heavy atom. The van der Waals surface area contributed by atoms with Crippen LogP contribution >= 0.6 is 0 Å². The van der Waals surface area contributed by atoms with E-state index in [1.165, 1.54) is 32.1 Å². The molecule has 0 unspecified atom stereocenters. The third-order valence-corrected chi connectivity index (χ3v) is 2.90. The Morgan fingerprint density at radius 2 is 1.94 bits per heavy atom. The summed E-state index contributed by atoms with van der Waals surface area (Å²) in [5.74, 6) is -0.0252. The van der Waals surface area contributed by atoms with Crippen LogP contribution < -0.4 is 0 Å². The third-order valence-electron chi connectivity index (χ3n) is 2.90. The van der Waals surface area contributed by atoms with Gasteiger partial charge in [0, 0.05) is 6.42 Å². The number of aromatic nitrogens is 4. The normalized spacial score (nSPS) is 10.7. The summed E-state index contributed by atoms with van der Waals surface area (Å²) < 4.78 is 1.60. The van der Waals surface area contributed by atoms with Crippen molar-refractivity contribution in [3.8, 4) is 0 Å². The highest BCUT2D eigenvalue weighted by Crippen LogP contribution is 2.08. The van der Waals surface area contributed by atoms with Crippen molar-refractivity contribution >= 4 is 5.97 Å². The SMILES string of the molecule is CCCCCCCCc1nnnn1CCC(=O)O. The number of unbranched alkanes of at least 4 members (excludes halogenated alkanes) is 5. The van der Waals surface area contributed by atoms with Crippen LogP contribution in [0.4, 0.5) is 0 Å². The van der Waals surface area contributed by atoms with E-state index in [0.717, 1.165) is 18.7 Å². The van der Waals surface area contributed by atoms with Crippen LogP contribution in [-0.2, 0) is 17.8 Å². The molecule has 0 atom stereocenters. The molecule has 6 nitrogen and oxygen atoms in total.